The van der Waals surface area contributed by atoms with Gasteiger partial charge >= 0.3 is 0 Å². The van der Waals surface area contributed by atoms with Crippen LogP contribution in [0.1, 0.15) is 57.3 Å². The molecular weight excluding hydrogens is 362 g/mol. The Bertz CT molecular complexity index is 946. The first-order valence-corrected chi connectivity index (χ1v) is 10.5. The summed E-state index contributed by atoms with van der Waals surface area (Å²) >= 11 is 0. The van der Waals surface area contributed by atoms with Gasteiger partial charge in [-0.25, -0.2) is 4.98 Å². The molecule has 0 radical (unpaired) electrons. The fourth-order valence-electron chi connectivity index (χ4n) is 3.50. The van der Waals surface area contributed by atoms with Gasteiger partial charge < -0.3 is 14.6 Å². The van der Waals surface area contributed by atoms with Crippen molar-refractivity contribution in [3.05, 3.63) is 59.9 Å². The van der Waals surface area contributed by atoms with Gasteiger partial charge in [-0.05, 0) is 42.5 Å². The highest BCUT2D eigenvalue weighted by Gasteiger charge is 2.12. The van der Waals surface area contributed by atoms with Crippen molar-refractivity contribution in [2.45, 2.75) is 59.0 Å². The van der Waals surface area contributed by atoms with E-state index in [-0.39, 0.29) is 5.91 Å². The monoisotopic (exact) mass is 393 g/mol. The minimum atomic E-state index is 0.0692. The predicted molar refractivity (Wildman–Crippen MR) is 117 cm³/mol. The second-order valence-corrected chi connectivity index (χ2v) is 7.59. The molecule has 1 aromatic heterocycles. The molecule has 5 heteroatoms. The van der Waals surface area contributed by atoms with Gasteiger partial charge in [-0.2, -0.15) is 0 Å². The average molecular weight is 394 g/mol. The molecule has 0 atom stereocenters. The number of aryl methyl sites for hydroxylation is 1. The van der Waals surface area contributed by atoms with Crippen LogP contribution >= 0.6 is 0 Å². The number of fused-ring (bicyclic) bond motifs is 1. The van der Waals surface area contributed by atoms with Crippen molar-refractivity contribution in [3.8, 4) is 5.75 Å². The van der Waals surface area contributed by atoms with E-state index in [1.165, 1.54) is 5.56 Å². The maximum Gasteiger partial charge on any atom is 0.220 e. The maximum atomic E-state index is 11.9. The van der Waals surface area contributed by atoms with Gasteiger partial charge in [-0.15, -0.1) is 0 Å². The first kappa shape index (κ1) is 20.9. The molecule has 29 heavy (non-hydrogen) atoms. The molecule has 0 aliphatic heterocycles. The first-order valence-electron chi connectivity index (χ1n) is 10.5. The van der Waals surface area contributed by atoms with E-state index in [0.29, 0.717) is 25.5 Å². The number of para-hydroxylation sites is 3. The Morgan fingerprint density at radius 1 is 1.14 bits per heavy atom. The maximum absolute atomic E-state index is 11.9. The predicted octanol–water partition coefficient (Wildman–Crippen LogP) is 5.05. The molecule has 3 aromatic rings. The van der Waals surface area contributed by atoms with Crippen molar-refractivity contribution >= 4 is 16.9 Å². The van der Waals surface area contributed by atoms with Crippen molar-refractivity contribution in [2.24, 2.45) is 0 Å². The zero-order valence-electron chi connectivity index (χ0n) is 17.6. The van der Waals surface area contributed by atoms with Crippen molar-refractivity contribution in [1.29, 1.82) is 0 Å². The van der Waals surface area contributed by atoms with Crippen LogP contribution in [0.4, 0.5) is 0 Å². The highest BCUT2D eigenvalue weighted by Crippen LogP contribution is 2.26. The lowest BCUT2D eigenvalue weighted by Crippen LogP contribution is -2.24. The van der Waals surface area contributed by atoms with Crippen molar-refractivity contribution in [3.63, 3.8) is 0 Å². The van der Waals surface area contributed by atoms with Crippen LogP contribution in [0.15, 0.2) is 48.5 Å². The van der Waals surface area contributed by atoms with Crippen LogP contribution in [0.5, 0.6) is 5.75 Å². The lowest BCUT2D eigenvalue weighted by atomic mass is 10.0. The Labute approximate surface area is 173 Å². The number of carbonyl (C=O) groups is 1. The third-order valence-corrected chi connectivity index (χ3v) is 4.98. The molecule has 1 N–H and O–H groups in total. The number of carbonyl (C=O) groups excluding carboxylic acids is 1. The number of hydrogen-bond donors (Lipinski definition) is 1. The summed E-state index contributed by atoms with van der Waals surface area (Å²) in [6.45, 7) is 8.25. The summed E-state index contributed by atoms with van der Waals surface area (Å²) in [7, 11) is 0. The van der Waals surface area contributed by atoms with Gasteiger partial charge in [-0.3, -0.25) is 4.79 Å². The summed E-state index contributed by atoms with van der Waals surface area (Å²) in [4.78, 5) is 16.6. The molecule has 1 heterocycles. The van der Waals surface area contributed by atoms with Gasteiger partial charge in [0.2, 0.25) is 5.91 Å². The number of rotatable bonds is 10. The van der Waals surface area contributed by atoms with Crippen LogP contribution < -0.4 is 10.1 Å². The Morgan fingerprint density at radius 3 is 2.69 bits per heavy atom. The standard InChI is InChI=1S/C24H31N3O2/c1-4-10-24(28)25-17-23-26-20-12-6-7-13-21(20)27(23)15-9-16-29-22-14-8-5-11-19(22)18(2)3/h5-8,11-14,18H,4,9-10,15-17H2,1-3H3,(H,25,28). The fourth-order valence-corrected chi connectivity index (χ4v) is 3.50. The number of amides is 1. The minimum absolute atomic E-state index is 0.0692. The van der Waals surface area contributed by atoms with E-state index >= 15 is 0 Å². The molecule has 5 nitrogen and oxygen atoms in total. The second-order valence-electron chi connectivity index (χ2n) is 7.59. The van der Waals surface area contributed by atoms with E-state index in [9.17, 15) is 4.79 Å². The quantitative estimate of drug-likeness (QED) is 0.491. The molecule has 0 saturated carbocycles. The summed E-state index contributed by atoms with van der Waals surface area (Å²) in [6, 6.07) is 16.3. The number of benzene rings is 2. The lowest BCUT2D eigenvalue weighted by Gasteiger charge is -2.14. The summed E-state index contributed by atoms with van der Waals surface area (Å²) in [6.07, 6.45) is 2.25. The Hall–Kier alpha value is -2.82. The number of ether oxygens (including phenoxy) is 1. The van der Waals surface area contributed by atoms with E-state index < -0.39 is 0 Å². The molecule has 0 fully saturated rings. The summed E-state index contributed by atoms with van der Waals surface area (Å²) in [5.41, 5.74) is 3.29. The molecule has 2 aromatic carbocycles. The Morgan fingerprint density at radius 2 is 1.90 bits per heavy atom. The Kier molecular flexibility index (Phi) is 7.28. The van der Waals surface area contributed by atoms with Crippen LogP contribution in [0.3, 0.4) is 0 Å². The van der Waals surface area contributed by atoms with Crippen LogP contribution in [0.2, 0.25) is 0 Å². The zero-order chi connectivity index (χ0) is 20.6. The normalized spacial score (nSPS) is 11.2. The molecule has 0 bridgehead atoms. The van der Waals surface area contributed by atoms with Gasteiger partial charge in [0.05, 0.1) is 24.2 Å². The topological polar surface area (TPSA) is 56.2 Å². The smallest absolute Gasteiger partial charge is 0.220 e. The fraction of sp³-hybridized carbons (Fsp3) is 0.417. The molecule has 154 valence electrons. The summed E-state index contributed by atoms with van der Waals surface area (Å²) in [5, 5.41) is 2.98. The van der Waals surface area contributed by atoms with Crippen LogP contribution in [0.25, 0.3) is 11.0 Å². The molecule has 0 spiro atoms. The van der Waals surface area contributed by atoms with Gasteiger partial charge in [0.1, 0.15) is 11.6 Å². The highest BCUT2D eigenvalue weighted by molar-refractivity contribution is 5.77. The zero-order valence-corrected chi connectivity index (χ0v) is 17.6. The largest absolute Gasteiger partial charge is 0.493 e. The SMILES string of the molecule is CCCC(=O)NCc1nc2ccccc2n1CCCOc1ccccc1C(C)C. The number of nitrogens with zero attached hydrogens (tertiary/aromatic N) is 2. The number of imidazole rings is 1. The molecule has 0 saturated heterocycles. The van der Waals surface area contributed by atoms with Crippen molar-refractivity contribution in [1.82, 2.24) is 14.9 Å². The molecule has 1 amide bonds. The third kappa shape index (κ3) is 5.37. The number of hydrogen-bond acceptors (Lipinski definition) is 3. The van der Waals surface area contributed by atoms with E-state index in [4.69, 9.17) is 9.72 Å². The van der Waals surface area contributed by atoms with Crippen molar-refractivity contribution in [2.75, 3.05) is 6.61 Å². The van der Waals surface area contributed by atoms with Crippen LogP contribution in [-0.2, 0) is 17.9 Å². The Balaban J connectivity index is 1.66. The van der Waals surface area contributed by atoms with Crippen molar-refractivity contribution < 1.29 is 9.53 Å². The molecule has 0 unspecified atom stereocenters. The summed E-state index contributed by atoms with van der Waals surface area (Å²) in [5.74, 6) is 2.35. The summed E-state index contributed by atoms with van der Waals surface area (Å²) < 4.78 is 8.27. The molecule has 0 aliphatic rings. The van der Waals surface area contributed by atoms with E-state index in [1.807, 2.05) is 37.3 Å². The second kappa shape index (κ2) is 10.1. The van der Waals surface area contributed by atoms with Crippen LogP contribution in [0, 0.1) is 0 Å². The third-order valence-electron chi connectivity index (χ3n) is 4.98. The number of aromatic nitrogens is 2. The lowest BCUT2D eigenvalue weighted by molar-refractivity contribution is -0.121. The van der Waals surface area contributed by atoms with E-state index in [2.05, 4.69) is 41.9 Å². The van der Waals surface area contributed by atoms with E-state index in [0.717, 1.165) is 42.0 Å². The number of nitrogens with one attached hydrogen (secondary N) is 1. The molecule has 0 aliphatic carbocycles. The first-order chi connectivity index (χ1) is 14.1. The average Bonchev–Trinajstić information content (AvgIpc) is 3.07. The highest BCUT2D eigenvalue weighted by atomic mass is 16.5. The molecule has 3 rings (SSSR count). The van der Waals surface area contributed by atoms with Gasteiger partial charge in [0, 0.05) is 13.0 Å². The van der Waals surface area contributed by atoms with Gasteiger partial charge in [0.15, 0.2) is 0 Å². The molecular formula is C24H31N3O2. The van der Waals surface area contributed by atoms with Crippen LogP contribution in [-0.4, -0.2) is 22.1 Å². The van der Waals surface area contributed by atoms with E-state index in [1.54, 1.807) is 0 Å². The van der Waals surface area contributed by atoms with Gasteiger partial charge in [-0.1, -0.05) is 51.1 Å². The minimum Gasteiger partial charge on any atom is -0.493 e. The van der Waals surface area contributed by atoms with Gasteiger partial charge in [0.25, 0.3) is 0 Å².